The second kappa shape index (κ2) is 8.14. The average molecular weight is 425 g/mol. The molecule has 2 amide bonds. The van der Waals surface area contributed by atoms with Crippen molar-refractivity contribution in [2.24, 2.45) is 0 Å². The lowest BCUT2D eigenvalue weighted by molar-refractivity contribution is 0.0789. The first-order valence-electron chi connectivity index (χ1n) is 9.87. The summed E-state index contributed by atoms with van der Waals surface area (Å²) in [6.45, 7) is 10.7. The van der Waals surface area contributed by atoms with E-state index in [2.05, 4.69) is 31.1 Å². The van der Waals surface area contributed by atoms with Crippen LogP contribution in [-0.4, -0.2) is 40.8 Å². The first kappa shape index (κ1) is 21.9. The number of nitrogens with zero attached hydrogens (tertiary/aromatic N) is 3. The van der Waals surface area contributed by atoms with Gasteiger partial charge in [0, 0.05) is 37.0 Å². The van der Waals surface area contributed by atoms with Gasteiger partial charge in [-0.2, -0.15) is 0 Å². The zero-order chi connectivity index (χ0) is 22.2. The summed E-state index contributed by atoms with van der Waals surface area (Å²) in [7, 11) is 3.39. The molecule has 0 aliphatic carbocycles. The number of aromatic nitrogens is 2. The number of hydrogen-bond donors (Lipinski definition) is 1. The third-order valence-corrected chi connectivity index (χ3v) is 6.22. The number of thiophene rings is 1. The lowest BCUT2D eigenvalue weighted by atomic mass is 9.95. The molecule has 0 aliphatic heterocycles. The molecule has 158 valence electrons. The van der Waals surface area contributed by atoms with E-state index in [1.165, 1.54) is 11.3 Å². The Bertz CT molecular complexity index is 1110. The van der Waals surface area contributed by atoms with Gasteiger partial charge in [0.05, 0.1) is 10.6 Å². The Kier molecular flexibility index (Phi) is 5.94. The maximum absolute atomic E-state index is 13.2. The SMILES string of the molecule is CNC(=O)c1ccc(CN(C)C(=O)c2sc3nc(C(C)(C)C)nc(C)c3c2C)cc1. The number of rotatable bonds is 4. The predicted molar refractivity (Wildman–Crippen MR) is 121 cm³/mol. The standard InChI is InChI=1S/C23H28N4O2S/c1-13-17-14(2)25-22(23(3,4)5)26-20(17)30-18(13)21(29)27(7)12-15-8-10-16(11-9-15)19(28)24-6/h8-11H,12H2,1-7H3,(H,24,28). The van der Waals surface area contributed by atoms with Gasteiger partial charge in [0.1, 0.15) is 10.7 Å². The second-order valence-electron chi connectivity index (χ2n) is 8.56. The number of carbonyl (C=O) groups is 2. The molecule has 3 rings (SSSR count). The van der Waals surface area contributed by atoms with Crippen molar-refractivity contribution in [1.29, 1.82) is 0 Å². The van der Waals surface area contributed by atoms with Crippen LogP contribution >= 0.6 is 11.3 Å². The maximum atomic E-state index is 13.2. The van der Waals surface area contributed by atoms with Gasteiger partial charge in [-0.05, 0) is 37.1 Å². The van der Waals surface area contributed by atoms with Gasteiger partial charge in [-0.3, -0.25) is 9.59 Å². The molecule has 3 aromatic rings. The van der Waals surface area contributed by atoms with Crippen LogP contribution in [0, 0.1) is 13.8 Å². The molecule has 0 saturated heterocycles. The first-order valence-corrected chi connectivity index (χ1v) is 10.7. The predicted octanol–water partition coefficient (Wildman–Crippen LogP) is 4.24. The van der Waals surface area contributed by atoms with E-state index in [-0.39, 0.29) is 17.2 Å². The van der Waals surface area contributed by atoms with E-state index in [4.69, 9.17) is 4.98 Å². The lowest BCUT2D eigenvalue weighted by Crippen LogP contribution is -2.26. The largest absolute Gasteiger partial charge is 0.355 e. The highest BCUT2D eigenvalue weighted by Crippen LogP contribution is 2.34. The maximum Gasteiger partial charge on any atom is 0.264 e. The minimum atomic E-state index is -0.154. The highest BCUT2D eigenvalue weighted by molar-refractivity contribution is 7.20. The molecule has 7 heteroatoms. The van der Waals surface area contributed by atoms with Crippen molar-refractivity contribution in [2.45, 2.75) is 46.6 Å². The summed E-state index contributed by atoms with van der Waals surface area (Å²) in [5, 5.41) is 3.58. The monoisotopic (exact) mass is 424 g/mol. The molecular weight excluding hydrogens is 396 g/mol. The molecule has 0 atom stereocenters. The molecule has 0 spiro atoms. The van der Waals surface area contributed by atoms with E-state index in [1.807, 2.05) is 26.0 Å². The van der Waals surface area contributed by atoms with Crippen LogP contribution in [0.2, 0.25) is 0 Å². The van der Waals surface area contributed by atoms with Crippen molar-refractivity contribution >= 4 is 33.4 Å². The van der Waals surface area contributed by atoms with Crippen LogP contribution in [0.5, 0.6) is 0 Å². The van der Waals surface area contributed by atoms with E-state index in [9.17, 15) is 9.59 Å². The van der Waals surface area contributed by atoms with E-state index >= 15 is 0 Å². The van der Waals surface area contributed by atoms with Crippen LogP contribution in [0.3, 0.4) is 0 Å². The first-order chi connectivity index (χ1) is 14.0. The van der Waals surface area contributed by atoms with Gasteiger partial charge in [-0.1, -0.05) is 32.9 Å². The van der Waals surface area contributed by atoms with E-state index in [0.717, 1.165) is 32.9 Å². The Labute approximate surface area is 181 Å². The Morgan fingerprint density at radius 2 is 1.73 bits per heavy atom. The minimum absolute atomic E-state index is 0.0393. The molecule has 0 fully saturated rings. The molecule has 0 aliphatic rings. The Hall–Kier alpha value is -2.80. The Morgan fingerprint density at radius 3 is 2.30 bits per heavy atom. The van der Waals surface area contributed by atoms with Gasteiger partial charge < -0.3 is 10.2 Å². The van der Waals surface area contributed by atoms with Gasteiger partial charge in [0.15, 0.2) is 0 Å². The number of carbonyl (C=O) groups excluding carboxylic acids is 2. The molecular formula is C23H28N4O2S. The van der Waals surface area contributed by atoms with Crippen molar-refractivity contribution in [3.05, 3.63) is 57.4 Å². The minimum Gasteiger partial charge on any atom is -0.355 e. The highest BCUT2D eigenvalue weighted by Gasteiger charge is 2.24. The molecule has 0 bridgehead atoms. The van der Waals surface area contributed by atoms with Crippen molar-refractivity contribution in [3.63, 3.8) is 0 Å². The average Bonchev–Trinajstić information content (AvgIpc) is 3.03. The van der Waals surface area contributed by atoms with Crippen LogP contribution < -0.4 is 5.32 Å². The smallest absolute Gasteiger partial charge is 0.264 e. The van der Waals surface area contributed by atoms with E-state index in [0.29, 0.717) is 17.0 Å². The van der Waals surface area contributed by atoms with Gasteiger partial charge >= 0.3 is 0 Å². The number of nitrogens with one attached hydrogen (secondary N) is 1. The molecule has 6 nitrogen and oxygen atoms in total. The highest BCUT2D eigenvalue weighted by atomic mass is 32.1. The topological polar surface area (TPSA) is 75.2 Å². The number of aryl methyl sites for hydroxylation is 2. The summed E-state index contributed by atoms with van der Waals surface area (Å²) in [4.78, 5) is 37.5. The van der Waals surface area contributed by atoms with Gasteiger partial charge in [-0.15, -0.1) is 11.3 Å². The van der Waals surface area contributed by atoms with Crippen LogP contribution in [0.15, 0.2) is 24.3 Å². The Balaban J connectivity index is 1.88. The second-order valence-corrected chi connectivity index (χ2v) is 9.56. The van der Waals surface area contributed by atoms with Crippen LogP contribution in [-0.2, 0) is 12.0 Å². The number of amides is 2. The lowest BCUT2D eigenvalue weighted by Gasteiger charge is -2.17. The molecule has 0 unspecified atom stereocenters. The molecule has 2 aromatic heterocycles. The molecule has 30 heavy (non-hydrogen) atoms. The quantitative estimate of drug-likeness (QED) is 0.680. The summed E-state index contributed by atoms with van der Waals surface area (Å²) in [6.07, 6.45) is 0. The fourth-order valence-corrected chi connectivity index (χ4v) is 4.53. The number of benzene rings is 1. The third-order valence-electron chi connectivity index (χ3n) is 5.05. The van der Waals surface area contributed by atoms with Crippen molar-refractivity contribution < 1.29 is 9.59 Å². The summed E-state index contributed by atoms with van der Waals surface area (Å²) >= 11 is 1.43. The zero-order valence-corrected chi connectivity index (χ0v) is 19.4. The van der Waals surface area contributed by atoms with Crippen LogP contribution in [0.1, 0.15) is 63.4 Å². The van der Waals surface area contributed by atoms with Gasteiger partial charge in [0.25, 0.3) is 11.8 Å². The third kappa shape index (κ3) is 4.21. The summed E-state index contributed by atoms with van der Waals surface area (Å²) < 4.78 is 0. The molecule has 0 radical (unpaired) electrons. The summed E-state index contributed by atoms with van der Waals surface area (Å²) in [6, 6.07) is 7.28. The molecule has 1 N–H and O–H groups in total. The van der Waals surface area contributed by atoms with E-state index < -0.39 is 0 Å². The molecule has 2 heterocycles. The molecule has 0 saturated carbocycles. The fourth-order valence-electron chi connectivity index (χ4n) is 3.30. The van der Waals surface area contributed by atoms with Gasteiger partial charge in [0.2, 0.25) is 0 Å². The summed E-state index contributed by atoms with van der Waals surface area (Å²) in [5.41, 5.74) is 3.24. The summed E-state index contributed by atoms with van der Waals surface area (Å²) in [5.74, 6) is 0.623. The Morgan fingerprint density at radius 1 is 1.10 bits per heavy atom. The normalized spacial score (nSPS) is 11.6. The van der Waals surface area contributed by atoms with Crippen molar-refractivity contribution in [3.8, 4) is 0 Å². The van der Waals surface area contributed by atoms with Gasteiger partial charge in [-0.25, -0.2) is 9.97 Å². The molecule has 1 aromatic carbocycles. The number of hydrogen-bond acceptors (Lipinski definition) is 5. The van der Waals surface area contributed by atoms with Crippen molar-refractivity contribution in [1.82, 2.24) is 20.2 Å². The van der Waals surface area contributed by atoms with E-state index in [1.54, 1.807) is 31.1 Å². The zero-order valence-electron chi connectivity index (χ0n) is 18.6. The van der Waals surface area contributed by atoms with Crippen LogP contribution in [0.25, 0.3) is 10.2 Å². The number of fused-ring (bicyclic) bond motifs is 1. The fraction of sp³-hybridized carbons (Fsp3) is 0.391. The van der Waals surface area contributed by atoms with Crippen LogP contribution in [0.4, 0.5) is 0 Å². The van der Waals surface area contributed by atoms with Crippen molar-refractivity contribution in [2.75, 3.05) is 14.1 Å².